The molecule has 4 atom stereocenters. The molecule has 0 aliphatic heterocycles. The fourth-order valence-electron chi connectivity index (χ4n) is 4.05. The molecule has 0 heterocycles. The summed E-state index contributed by atoms with van der Waals surface area (Å²) < 4.78 is 16.2. The van der Waals surface area contributed by atoms with Crippen molar-refractivity contribution in [2.24, 2.45) is 11.8 Å². The first-order valence-electron chi connectivity index (χ1n) is 10.5. The second kappa shape index (κ2) is 8.73. The Kier molecular flexibility index (Phi) is 7.00. The van der Waals surface area contributed by atoms with E-state index in [2.05, 4.69) is 0 Å². The summed E-state index contributed by atoms with van der Waals surface area (Å²) in [5, 5.41) is 21.2. The molecule has 1 aromatic carbocycles. The average Bonchev–Trinajstić information content (AvgIpc) is 2.57. The fourth-order valence-corrected chi connectivity index (χ4v) is 4.05. The molecule has 1 saturated carbocycles. The van der Waals surface area contributed by atoms with Crippen LogP contribution in [0.5, 0.6) is 11.5 Å². The van der Waals surface area contributed by atoms with E-state index in [0.29, 0.717) is 5.56 Å². The van der Waals surface area contributed by atoms with Crippen LogP contribution in [0.1, 0.15) is 66.4 Å². The van der Waals surface area contributed by atoms with Crippen LogP contribution < -0.4 is 4.74 Å². The number of aromatic hydroxyl groups is 1. The number of methoxy groups -OCH3 is 1. The van der Waals surface area contributed by atoms with E-state index >= 15 is 0 Å². The van der Waals surface area contributed by atoms with Gasteiger partial charge in [0.15, 0.2) is 17.3 Å². The molecule has 32 heavy (non-hydrogen) atoms. The molecule has 0 radical (unpaired) electrons. The summed E-state index contributed by atoms with van der Waals surface area (Å²) in [7, 11) is 1.36. The van der Waals surface area contributed by atoms with Crippen LogP contribution in [-0.4, -0.2) is 51.8 Å². The molecule has 1 aromatic rings. The number of carbonyl (C=O) groups excluding carboxylic acids is 3. The number of carbonyl (C=O) groups is 3. The topological polar surface area (TPSA) is 119 Å². The number of ketones is 1. The Morgan fingerprint density at radius 1 is 1.03 bits per heavy atom. The molecule has 0 aromatic heterocycles. The minimum atomic E-state index is -1.77. The normalized spacial score (nSPS) is 26.4. The smallest absolute Gasteiger partial charge is 0.317 e. The number of Topliss-reactive ketones (excluding diaryl/α,β-unsaturated/α-hetero) is 1. The van der Waals surface area contributed by atoms with E-state index in [1.807, 2.05) is 0 Å². The van der Waals surface area contributed by atoms with Gasteiger partial charge in [-0.25, -0.2) is 0 Å². The van der Waals surface area contributed by atoms with Gasteiger partial charge in [0, 0.05) is 12.3 Å². The van der Waals surface area contributed by atoms with Gasteiger partial charge in [0.05, 0.1) is 18.6 Å². The van der Waals surface area contributed by atoms with Gasteiger partial charge in [0.1, 0.15) is 17.1 Å². The lowest BCUT2D eigenvalue weighted by Crippen LogP contribution is -2.56. The maximum atomic E-state index is 13.3. The minimum Gasteiger partial charge on any atom is -0.504 e. The number of hydrogen-bond donors (Lipinski definition) is 2. The maximum absolute atomic E-state index is 13.3. The van der Waals surface area contributed by atoms with Crippen molar-refractivity contribution >= 4 is 17.7 Å². The van der Waals surface area contributed by atoms with Gasteiger partial charge in [-0.3, -0.25) is 14.4 Å². The number of aliphatic hydroxyl groups is 1. The zero-order chi connectivity index (χ0) is 24.6. The number of hydrogen-bond acceptors (Lipinski definition) is 8. The highest BCUT2D eigenvalue weighted by Gasteiger charge is 2.58. The number of ether oxygens (including phenoxy) is 3. The summed E-state index contributed by atoms with van der Waals surface area (Å²) >= 11 is 0. The van der Waals surface area contributed by atoms with Gasteiger partial charge < -0.3 is 24.4 Å². The number of phenolic OH excluding ortho intramolecular Hbond substituents is 1. The van der Waals surface area contributed by atoms with E-state index in [-0.39, 0.29) is 11.5 Å². The molecule has 8 heteroatoms. The zero-order valence-corrected chi connectivity index (χ0v) is 20.0. The monoisotopic (exact) mass is 450 g/mol. The molecule has 0 amide bonds. The summed E-state index contributed by atoms with van der Waals surface area (Å²) in [6.45, 7) is 11.5. The van der Waals surface area contributed by atoms with E-state index in [9.17, 15) is 24.6 Å². The standard InChI is InChI=1S/C24H34O8/c1-22(2,3)31-20(27)18-15(26)12-24(7,29)19(21(28)32-23(4,5)6)17(18)13-9-10-14(25)16(11-13)30-8/h9-11,17-19,25,29H,12H2,1-8H3/t17-,18+,19-,24+/m0/s1. The predicted octanol–water partition coefficient (Wildman–Crippen LogP) is 3.12. The molecule has 0 spiro atoms. The van der Waals surface area contributed by atoms with Crippen LogP contribution in [0.25, 0.3) is 0 Å². The third kappa shape index (κ3) is 5.79. The molecule has 1 aliphatic carbocycles. The van der Waals surface area contributed by atoms with Crippen LogP contribution >= 0.6 is 0 Å². The van der Waals surface area contributed by atoms with E-state index in [0.717, 1.165) is 0 Å². The fraction of sp³-hybridized carbons (Fsp3) is 0.625. The van der Waals surface area contributed by atoms with Crippen molar-refractivity contribution in [3.05, 3.63) is 23.8 Å². The summed E-state index contributed by atoms with van der Waals surface area (Å²) in [4.78, 5) is 39.5. The lowest BCUT2D eigenvalue weighted by molar-refractivity contribution is -0.182. The van der Waals surface area contributed by atoms with Gasteiger partial charge in [-0.05, 0) is 66.2 Å². The van der Waals surface area contributed by atoms with Crippen LogP contribution in [-0.2, 0) is 23.9 Å². The van der Waals surface area contributed by atoms with Crippen LogP contribution in [0.4, 0.5) is 0 Å². The van der Waals surface area contributed by atoms with Crippen LogP contribution in [0.3, 0.4) is 0 Å². The van der Waals surface area contributed by atoms with Crippen LogP contribution in [0, 0.1) is 11.8 Å². The molecule has 0 unspecified atom stereocenters. The third-order valence-electron chi connectivity index (χ3n) is 5.18. The van der Waals surface area contributed by atoms with Crippen LogP contribution in [0.2, 0.25) is 0 Å². The number of benzene rings is 1. The third-order valence-corrected chi connectivity index (χ3v) is 5.18. The largest absolute Gasteiger partial charge is 0.504 e. The van der Waals surface area contributed by atoms with E-state index in [4.69, 9.17) is 14.2 Å². The number of rotatable bonds is 4. The Morgan fingerprint density at radius 2 is 1.56 bits per heavy atom. The molecule has 1 aliphatic rings. The van der Waals surface area contributed by atoms with Crippen molar-refractivity contribution in [1.82, 2.24) is 0 Å². The van der Waals surface area contributed by atoms with Gasteiger partial charge in [-0.2, -0.15) is 0 Å². The van der Waals surface area contributed by atoms with E-state index in [1.54, 1.807) is 41.5 Å². The van der Waals surface area contributed by atoms with E-state index < -0.39 is 58.7 Å². The van der Waals surface area contributed by atoms with Crippen molar-refractivity contribution in [3.8, 4) is 11.5 Å². The summed E-state index contributed by atoms with van der Waals surface area (Å²) in [5.74, 6) is -5.79. The number of phenols is 1. The second-order valence-corrected chi connectivity index (χ2v) is 10.5. The Labute approximate surface area is 188 Å². The van der Waals surface area contributed by atoms with Crippen LogP contribution in [0.15, 0.2) is 18.2 Å². The van der Waals surface area contributed by atoms with Gasteiger partial charge in [-0.1, -0.05) is 6.07 Å². The first-order chi connectivity index (χ1) is 14.5. The molecule has 178 valence electrons. The second-order valence-electron chi connectivity index (χ2n) is 10.5. The Hall–Kier alpha value is -2.61. The highest BCUT2D eigenvalue weighted by molar-refractivity contribution is 6.03. The van der Waals surface area contributed by atoms with Gasteiger partial charge in [0.2, 0.25) is 0 Å². The van der Waals surface area contributed by atoms with Crippen molar-refractivity contribution in [1.29, 1.82) is 0 Å². The molecule has 1 fully saturated rings. The molecule has 0 bridgehead atoms. The average molecular weight is 451 g/mol. The quantitative estimate of drug-likeness (QED) is 0.530. The molecule has 0 saturated heterocycles. The summed E-state index contributed by atoms with van der Waals surface area (Å²) in [5.41, 5.74) is -3.13. The van der Waals surface area contributed by atoms with Crippen molar-refractivity contribution in [3.63, 3.8) is 0 Å². The Bertz CT molecular complexity index is 888. The Morgan fingerprint density at radius 3 is 2.06 bits per heavy atom. The SMILES string of the molecule is COc1cc([C@H]2[C@H](C(=O)OC(C)(C)C)C(=O)C[C@@](C)(O)[C@@H]2C(=O)OC(C)(C)C)ccc1O. The molecule has 2 rings (SSSR count). The van der Waals surface area contributed by atoms with Crippen molar-refractivity contribution in [2.45, 2.75) is 77.6 Å². The molecular weight excluding hydrogens is 416 g/mol. The summed E-state index contributed by atoms with van der Waals surface area (Å²) in [6, 6.07) is 4.29. The summed E-state index contributed by atoms with van der Waals surface area (Å²) in [6.07, 6.45) is -0.410. The van der Waals surface area contributed by atoms with Crippen molar-refractivity contribution in [2.75, 3.05) is 7.11 Å². The molecule has 8 nitrogen and oxygen atoms in total. The highest BCUT2D eigenvalue weighted by atomic mass is 16.6. The van der Waals surface area contributed by atoms with Gasteiger partial charge in [-0.15, -0.1) is 0 Å². The zero-order valence-electron chi connectivity index (χ0n) is 20.0. The highest BCUT2D eigenvalue weighted by Crippen LogP contribution is 2.48. The number of esters is 2. The van der Waals surface area contributed by atoms with Gasteiger partial charge in [0.25, 0.3) is 0 Å². The first kappa shape index (κ1) is 25.6. The maximum Gasteiger partial charge on any atom is 0.317 e. The minimum absolute atomic E-state index is 0.103. The van der Waals surface area contributed by atoms with E-state index in [1.165, 1.54) is 32.2 Å². The Balaban J connectivity index is 2.70. The predicted molar refractivity (Wildman–Crippen MR) is 116 cm³/mol. The lowest BCUT2D eigenvalue weighted by Gasteiger charge is -2.44. The lowest BCUT2D eigenvalue weighted by atomic mass is 9.61. The van der Waals surface area contributed by atoms with Crippen molar-refractivity contribution < 1.29 is 38.8 Å². The molecule has 2 N–H and O–H groups in total. The van der Waals surface area contributed by atoms with Gasteiger partial charge >= 0.3 is 11.9 Å². The molecular formula is C24H34O8. The first-order valence-corrected chi connectivity index (χ1v) is 10.5.